The molecule has 33 heavy (non-hydrogen) atoms. The minimum atomic E-state index is -0.359. The number of hydrogen-bond donors (Lipinski definition) is 3. The van der Waals surface area contributed by atoms with E-state index in [0.29, 0.717) is 29.9 Å². The minimum absolute atomic E-state index is 0.0126. The third-order valence-corrected chi connectivity index (χ3v) is 6.39. The fourth-order valence-corrected chi connectivity index (χ4v) is 4.79. The average Bonchev–Trinajstić information content (AvgIpc) is 3.00. The van der Waals surface area contributed by atoms with Gasteiger partial charge in [-0.15, -0.1) is 0 Å². The molecule has 3 N–H and O–H groups in total. The first kappa shape index (κ1) is 20.9. The van der Waals surface area contributed by atoms with Crippen molar-refractivity contribution < 1.29 is 19.4 Å². The molecule has 6 heteroatoms. The van der Waals surface area contributed by atoms with Crippen molar-refractivity contribution in [3.8, 4) is 17.2 Å². The lowest BCUT2D eigenvalue weighted by Crippen LogP contribution is -2.26. The molecule has 0 radical (unpaired) electrons. The summed E-state index contributed by atoms with van der Waals surface area (Å²) in [6.45, 7) is 0. The highest BCUT2D eigenvalue weighted by Crippen LogP contribution is 2.45. The predicted octanol–water partition coefficient (Wildman–Crippen LogP) is 5.39. The molecule has 0 spiro atoms. The van der Waals surface area contributed by atoms with Crippen LogP contribution in [-0.2, 0) is 4.79 Å². The molecule has 6 nitrogen and oxygen atoms in total. The number of anilines is 2. The van der Waals surface area contributed by atoms with Crippen LogP contribution in [0.25, 0.3) is 0 Å². The number of aromatic hydroxyl groups is 1. The number of ketones is 1. The molecule has 0 fully saturated rings. The van der Waals surface area contributed by atoms with Gasteiger partial charge in [-0.25, -0.2) is 0 Å². The molecule has 2 aliphatic rings. The zero-order valence-corrected chi connectivity index (χ0v) is 18.6. The van der Waals surface area contributed by atoms with Gasteiger partial charge in [0.15, 0.2) is 17.3 Å². The molecule has 1 aliphatic carbocycles. The molecule has 0 saturated heterocycles. The molecule has 3 aromatic carbocycles. The van der Waals surface area contributed by atoms with Crippen LogP contribution < -0.4 is 20.1 Å². The number of nitrogens with one attached hydrogen (secondary N) is 2. The number of hydrogen-bond acceptors (Lipinski definition) is 6. The molecule has 5 rings (SSSR count). The van der Waals surface area contributed by atoms with E-state index in [4.69, 9.17) is 9.47 Å². The van der Waals surface area contributed by atoms with Crippen molar-refractivity contribution in [1.29, 1.82) is 0 Å². The van der Waals surface area contributed by atoms with Crippen LogP contribution in [0.5, 0.6) is 17.2 Å². The molecule has 1 heterocycles. The summed E-state index contributed by atoms with van der Waals surface area (Å²) in [4.78, 5) is 13.6. The normalized spacial score (nSPS) is 19.5. The maximum atomic E-state index is 13.6. The van der Waals surface area contributed by atoms with Crippen LogP contribution in [0, 0.1) is 0 Å². The van der Waals surface area contributed by atoms with Gasteiger partial charge in [-0.2, -0.15) is 0 Å². The highest BCUT2D eigenvalue weighted by Gasteiger charge is 2.36. The molecule has 0 aromatic heterocycles. The first-order chi connectivity index (χ1) is 16.1. The summed E-state index contributed by atoms with van der Waals surface area (Å²) in [5.41, 5.74) is 5.34. The molecular weight excluding hydrogens is 416 g/mol. The van der Waals surface area contributed by atoms with Crippen molar-refractivity contribution in [2.45, 2.75) is 24.8 Å². The van der Waals surface area contributed by atoms with Gasteiger partial charge in [0.2, 0.25) is 0 Å². The molecule has 3 aromatic rings. The summed E-state index contributed by atoms with van der Waals surface area (Å²) in [6, 6.07) is 20.5. The topological polar surface area (TPSA) is 79.8 Å². The fourth-order valence-electron chi connectivity index (χ4n) is 4.79. The van der Waals surface area contributed by atoms with Crippen LogP contribution in [0.15, 0.2) is 78.0 Å². The quantitative estimate of drug-likeness (QED) is 0.503. The van der Waals surface area contributed by atoms with Crippen LogP contribution in [0.3, 0.4) is 0 Å². The van der Waals surface area contributed by atoms with Crippen LogP contribution in [0.4, 0.5) is 11.4 Å². The summed E-state index contributed by atoms with van der Waals surface area (Å²) >= 11 is 0. The van der Waals surface area contributed by atoms with Crippen molar-refractivity contribution in [1.82, 2.24) is 0 Å². The number of rotatable bonds is 4. The van der Waals surface area contributed by atoms with Crippen LogP contribution in [-0.4, -0.2) is 25.1 Å². The monoisotopic (exact) mass is 442 g/mol. The maximum absolute atomic E-state index is 13.6. The number of benzene rings is 3. The number of carbonyl (C=O) groups excluding carboxylic acids is 1. The van der Waals surface area contributed by atoms with Crippen LogP contribution in [0.2, 0.25) is 0 Å². The van der Waals surface area contributed by atoms with Crippen molar-refractivity contribution in [3.05, 3.63) is 89.1 Å². The number of para-hydroxylation sites is 2. The second-order valence-corrected chi connectivity index (χ2v) is 8.38. The second-order valence-electron chi connectivity index (χ2n) is 8.38. The number of carbonyl (C=O) groups is 1. The molecule has 0 unspecified atom stereocenters. The van der Waals surface area contributed by atoms with Crippen LogP contribution in [0.1, 0.15) is 35.9 Å². The number of phenols is 1. The summed E-state index contributed by atoms with van der Waals surface area (Å²) in [5.74, 6) is 1.59. The summed E-state index contributed by atoms with van der Waals surface area (Å²) in [6.07, 6.45) is 1.07. The number of allylic oxidation sites excluding steroid dienone is 1. The molecule has 168 valence electrons. The fraction of sp³-hybridized carbons (Fsp3) is 0.222. The highest BCUT2D eigenvalue weighted by atomic mass is 16.5. The van der Waals surface area contributed by atoms with E-state index in [9.17, 15) is 9.90 Å². The lowest BCUT2D eigenvalue weighted by atomic mass is 9.78. The second kappa shape index (κ2) is 8.54. The van der Waals surface area contributed by atoms with Gasteiger partial charge in [0.25, 0.3) is 0 Å². The Labute approximate surface area is 192 Å². The average molecular weight is 443 g/mol. The first-order valence-electron chi connectivity index (χ1n) is 11.0. The Morgan fingerprint density at radius 1 is 0.848 bits per heavy atom. The molecule has 0 bridgehead atoms. The number of ether oxygens (including phenoxy) is 2. The van der Waals surface area contributed by atoms with Gasteiger partial charge in [0.05, 0.1) is 31.6 Å². The molecule has 2 atom stereocenters. The number of phenolic OH excluding ortho intramolecular Hbond substituents is 1. The van der Waals surface area contributed by atoms with E-state index in [2.05, 4.69) is 10.6 Å². The highest BCUT2D eigenvalue weighted by molar-refractivity contribution is 6.01. The van der Waals surface area contributed by atoms with Gasteiger partial charge < -0.3 is 25.2 Å². The summed E-state index contributed by atoms with van der Waals surface area (Å²) < 4.78 is 10.9. The molecule has 1 aliphatic heterocycles. The van der Waals surface area contributed by atoms with Crippen molar-refractivity contribution in [3.63, 3.8) is 0 Å². The van der Waals surface area contributed by atoms with E-state index in [-0.39, 0.29) is 23.5 Å². The smallest absolute Gasteiger partial charge is 0.163 e. The molecular formula is C27H26N2O4. The molecule has 0 saturated carbocycles. The Balaban J connectivity index is 1.58. The van der Waals surface area contributed by atoms with Gasteiger partial charge in [-0.3, -0.25) is 4.79 Å². The Hall–Kier alpha value is -3.93. The van der Waals surface area contributed by atoms with E-state index in [0.717, 1.165) is 28.2 Å². The van der Waals surface area contributed by atoms with E-state index in [1.54, 1.807) is 32.4 Å². The van der Waals surface area contributed by atoms with Gasteiger partial charge in [0.1, 0.15) is 5.75 Å². The van der Waals surface area contributed by atoms with E-state index < -0.39 is 0 Å². The van der Waals surface area contributed by atoms with Crippen molar-refractivity contribution in [2.75, 3.05) is 24.9 Å². The standard InChI is InChI=1S/C27H26N2O4/c1-32-24-11-10-16(15-25(24)33-2)18-13-22-26(23(31)14-18)27(17-6-5-7-19(30)12-17)29-21-9-4-3-8-20(21)28-22/h3-12,15,18,27-30H,13-14H2,1-2H3/t18-,27+/m1/s1. The zero-order valence-electron chi connectivity index (χ0n) is 18.6. The largest absolute Gasteiger partial charge is 0.508 e. The Kier molecular flexibility index (Phi) is 5.42. The van der Waals surface area contributed by atoms with E-state index >= 15 is 0 Å². The van der Waals surface area contributed by atoms with Gasteiger partial charge >= 0.3 is 0 Å². The lowest BCUT2D eigenvalue weighted by Gasteiger charge is -2.30. The van der Waals surface area contributed by atoms with Gasteiger partial charge in [0, 0.05) is 17.7 Å². The van der Waals surface area contributed by atoms with Gasteiger partial charge in [-0.05, 0) is 59.9 Å². The zero-order chi connectivity index (χ0) is 22.9. The third kappa shape index (κ3) is 3.89. The van der Waals surface area contributed by atoms with Crippen molar-refractivity contribution in [2.24, 2.45) is 0 Å². The SMILES string of the molecule is COc1ccc([C@H]2CC(=O)C3=C(C2)Nc2ccccc2N[C@H]3c2cccc(O)c2)cc1OC. The summed E-state index contributed by atoms with van der Waals surface area (Å²) in [5, 5.41) is 17.2. The lowest BCUT2D eigenvalue weighted by molar-refractivity contribution is -0.116. The predicted molar refractivity (Wildman–Crippen MR) is 128 cm³/mol. The Morgan fingerprint density at radius 3 is 2.39 bits per heavy atom. The maximum Gasteiger partial charge on any atom is 0.163 e. The molecule has 0 amide bonds. The first-order valence-corrected chi connectivity index (χ1v) is 11.0. The Morgan fingerprint density at radius 2 is 1.64 bits per heavy atom. The summed E-state index contributed by atoms with van der Waals surface area (Å²) in [7, 11) is 3.23. The van der Waals surface area contributed by atoms with Crippen molar-refractivity contribution >= 4 is 17.2 Å². The number of methoxy groups -OCH3 is 2. The Bertz CT molecular complexity index is 1250. The van der Waals surface area contributed by atoms with Gasteiger partial charge in [-0.1, -0.05) is 30.3 Å². The van der Waals surface area contributed by atoms with E-state index in [1.165, 1.54) is 0 Å². The van der Waals surface area contributed by atoms with E-state index in [1.807, 2.05) is 48.5 Å². The van der Waals surface area contributed by atoms with Crippen LogP contribution >= 0.6 is 0 Å². The third-order valence-electron chi connectivity index (χ3n) is 6.39. The number of Topliss-reactive ketones (excluding diaryl/α,β-unsaturated/α-hetero) is 1. The minimum Gasteiger partial charge on any atom is -0.508 e. The number of fused-ring (bicyclic) bond motifs is 1.